The average molecular weight is 235 g/mol. The molecule has 94 valence electrons. The highest BCUT2D eigenvalue weighted by atomic mass is 16.2. The standard InChI is InChI=1S/C13H21N3O/c1-4-15(5-2)13(17)16(6-3)12-10-8-7-9-11(12)14/h7-10H,4-6,14H2,1-3H3. The quantitative estimate of drug-likeness (QED) is 0.815. The maximum absolute atomic E-state index is 12.3. The summed E-state index contributed by atoms with van der Waals surface area (Å²) in [5.74, 6) is 0. The number of nitrogens with zero attached hydrogens (tertiary/aromatic N) is 2. The van der Waals surface area contributed by atoms with Crippen molar-refractivity contribution in [2.75, 3.05) is 30.3 Å². The van der Waals surface area contributed by atoms with Gasteiger partial charge in [-0.05, 0) is 32.9 Å². The molecule has 0 saturated carbocycles. The second-order valence-electron chi connectivity index (χ2n) is 3.76. The van der Waals surface area contributed by atoms with E-state index < -0.39 is 0 Å². The first kappa shape index (κ1) is 13.4. The van der Waals surface area contributed by atoms with E-state index in [4.69, 9.17) is 5.73 Å². The van der Waals surface area contributed by atoms with E-state index in [1.807, 2.05) is 45.0 Å². The normalized spacial score (nSPS) is 10.1. The molecule has 0 spiro atoms. The van der Waals surface area contributed by atoms with Crippen molar-refractivity contribution < 1.29 is 4.79 Å². The molecule has 0 aliphatic rings. The molecule has 17 heavy (non-hydrogen) atoms. The van der Waals surface area contributed by atoms with Crippen LogP contribution in [0.25, 0.3) is 0 Å². The van der Waals surface area contributed by atoms with Crippen LogP contribution in [0.2, 0.25) is 0 Å². The zero-order chi connectivity index (χ0) is 12.8. The van der Waals surface area contributed by atoms with E-state index >= 15 is 0 Å². The van der Waals surface area contributed by atoms with Crippen LogP contribution in [-0.2, 0) is 0 Å². The van der Waals surface area contributed by atoms with Crippen LogP contribution in [-0.4, -0.2) is 30.6 Å². The summed E-state index contributed by atoms with van der Waals surface area (Å²) in [6.07, 6.45) is 0. The van der Waals surface area contributed by atoms with Crippen LogP contribution in [0.5, 0.6) is 0 Å². The summed E-state index contributed by atoms with van der Waals surface area (Å²) in [6, 6.07) is 7.46. The Morgan fingerprint density at radius 3 is 2.18 bits per heavy atom. The lowest BCUT2D eigenvalue weighted by Gasteiger charge is -2.29. The molecule has 0 unspecified atom stereocenters. The predicted octanol–water partition coefficient (Wildman–Crippen LogP) is 2.56. The molecule has 0 fully saturated rings. The first-order valence-electron chi connectivity index (χ1n) is 6.06. The molecule has 0 heterocycles. The minimum Gasteiger partial charge on any atom is -0.397 e. The molecule has 0 aromatic heterocycles. The van der Waals surface area contributed by atoms with E-state index in [1.165, 1.54) is 0 Å². The molecule has 1 rings (SSSR count). The monoisotopic (exact) mass is 235 g/mol. The highest BCUT2D eigenvalue weighted by Crippen LogP contribution is 2.23. The molecule has 4 nitrogen and oxygen atoms in total. The van der Waals surface area contributed by atoms with Crippen LogP contribution in [0.4, 0.5) is 16.2 Å². The van der Waals surface area contributed by atoms with Crippen molar-refractivity contribution in [3.05, 3.63) is 24.3 Å². The summed E-state index contributed by atoms with van der Waals surface area (Å²) < 4.78 is 0. The van der Waals surface area contributed by atoms with Gasteiger partial charge in [-0.25, -0.2) is 4.79 Å². The van der Waals surface area contributed by atoms with Crippen LogP contribution >= 0.6 is 0 Å². The second-order valence-corrected chi connectivity index (χ2v) is 3.76. The summed E-state index contributed by atoms with van der Waals surface area (Å²) >= 11 is 0. The van der Waals surface area contributed by atoms with Gasteiger partial charge in [0.2, 0.25) is 0 Å². The van der Waals surface area contributed by atoms with Gasteiger partial charge in [0.1, 0.15) is 0 Å². The van der Waals surface area contributed by atoms with E-state index in [0.29, 0.717) is 25.3 Å². The first-order valence-corrected chi connectivity index (χ1v) is 6.06. The molecule has 2 N–H and O–H groups in total. The highest BCUT2D eigenvalue weighted by molar-refractivity contribution is 5.95. The van der Waals surface area contributed by atoms with Gasteiger partial charge in [0.25, 0.3) is 0 Å². The summed E-state index contributed by atoms with van der Waals surface area (Å²) in [5, 5.41) is 0. The van der Waals surface area contributed by atoms with E-state index in [1.54, 1.807) is 9.80 Å². The lowest BCUT2D eigenvalue weighted by molar-refractivity contribution is 0.210. The summed E-state index contributed by atoms with van der Waals surface area (Å²) in [7, 11) is 0. The SMILES string of the molecule is CCN(CC)C(=O)N(CC)c1ccccc1N. The summed E-state index contributed by atoms with van der Waals surface area (Å²) in [4.78, 5) is 15.8. The Balaban J connectivity index is 3.00. The largest absolute Gasteiger partial charge is 0.397 e. The van der Waals surface area contributed by atoms with Crippen LogP contribution < -0.4 is 10.6 Å². The second kappa shape index (κ2) is 6.13. The Morgan fingerprint density at radius 2 is 1.71 bits per heavy atom. The Kier molecular flexibility index (Phi) is 4.82. The third-order valence-corrected chi connectivity index (χ3v) is 2.81. The highest BCUT2D eigenvalue weighted by Gasteiger charge is 2.19. The first-order chi connectivity index (χ1) is 8.15. The Hall–Kier alpha value is -1.71. The number of amides is 2. The zero-order valence-corrected chi connectivity index (χ0v) is 10.8. The van der Waals surface area contributed by atoms with Gasteiger partial charge >= 0.3 is 6.03 Å². The van der Waals surface area contributed by atoms with E-state index in [2.05, 4.69) is 0 Å². The van der Waals surface area contributed by atoms with Crippen molar-refractivity contribution >= 4 is 17.4 Å². The number of benzene rings is 1. The Labute approximate surface area is 103 Å². The predicted molar refractivity (Wildman–Crippen MR) is 72.2 cm³/mol. The van der Waals surface area contributed by atoms with Gasteiger partial charge in [0, 0.05) is 19.6 Å². The number of carbonyl (C=O) groups is 1. The molecule has 0 saturated heterocycles. The van der Waals surface area contributed by atoms with E-state index in [9.17, 15) is 4.79 Å². The van der Waals surface area contributed by atoms with Crippen molar-refractivity contribution in [3.8, 4) is 0 Å². The number of anilines is 2. The number of carbonyl (C=O) groups excluding carboxylic acids is 1. The number of rotatable bonds is 4. The zero-order valence-electron chi connectivity index (χ0n) is 10.8. The third-order valence-electron chi connectivity index (χ3n) is 2.81. The van der Waals surface area contributed by atoms with Crippen molar-refractivity contribution in [3.63, 3.8) is 0 Å². The third kappa shape index (κ3) is 2.90. The molecule has 4 heteroatoms. The minimum atomic E-state index is 0.00963. The number of para-hydroxylation sites is 2. The van der Waals surface area contributed by atoms with Crippen LogP contribution in [0.15, 0.2) is 24.3 Å². The van der Waals surface area contributed by atoms with Crippen molar-refractivity contribution in [1.29, 1.82) is 0 Å². The smallest absolute Gasteiger partial charge is 0.324 e. The fourth-order valence-corrected chi connectivity index (χ4v) is 1.81. The molecular formula is C13H21N3O. The molecule has 0 atom stereocenters. The maximum Gasteiger partial charge on any atom is 0.324 e. The number of urea groups is 1. The fraction of sp³-hybridized carbons (Fsp3) is 0.462. The molecule has 0 radical (unpaired) electrons. The summed E-state index contributed by atoms with van der Waals surface area (Å²) in [6.45, 7) is 7.93. The molecule has 0 aliphatic carbocycles. The fourth-order valence-electron chi connectivity index (χ4n) is 1.81. The minimum absolute atomic E-state index is 0.00963. The lowest BCUT2D eigenvalue weighted by atomic mass is 10.2. The van der Waals surface area contributed by atoms with Gasteiger partial charge in [-0.2, -0.15) is 0 Å². The molecule has 0 aliphatic heterocycles. The van der Waals surface area contributed by atoms with Gasteiger partial charge in [0.15, 0.2) is 0 Å². The summed E-state index contributed by atoms with van der Waals surface area (Å²) in [5.41, 5.74) is 7.32. The van der Waals surface area contributed by atoms with Crippen molar-refractivity contribution in [2.45, 2.75) is 20.8 Å². The van der Waals surface area contributed by atoms with Crippen molar-refractivity contribution in [1.82, 2.24) is 4.90 Å². The van der Waals surface area contributed by atoms with E-state index in [0.717, 1.165) is 5.69 Å². The van der Waals surface area contributed by atoms with Crippen LogP contribution in [0, 0.1) is 0 Å². The van der Waals surface area contributed by atoms with Gasteiger partial charge in [-0.15, -0.1) is 0 Å². The molecule has 0 bridgehead atoms. The Morgan fingerprint density at radius 1 is 1.12 bits per heavy atom. The van der Waals surface area contributed by atoms with E-state index in [-0.39, 0.29) is 6.03 Å². The Bertz CT molecular complexity index is 375. The molecule has 1 aromatic rings. The molecule has 1 aromatic carbocycles. The molecule has 2 amide bonds. The topological polar surface area (TPSA) is 49.6 Å². The number of nitrogen functional groups attached to an aromatic ring is 1. The number of hydrogen-bond donors (Lipinski definition) is 1. The van der Waals surface area contributed by atoms with Gasteiger partial charge in [-0.1, -0.05) is 12.1 Å². The maximum atomic E-state index is 12.3. The molecular weight excluding hydrogens is 214 g/mol. The lowest BCUT2D eigenvalue weighted by Crippen LogP contribution is -2.43. The van der Waals surface area contributed by atoms with Crippen molar-refractivity contribution in [2.24, 2.45) is 0 Å². The van der Waals surface area contributed by atoms with Gasteiger partial charge in [-0.3, -0.25) is 4.90 Å². The van der Waals surface area contributed by atoms with Crippen LogP contribution in [0.1, 0.15) is 20.8 Å². The van der Waals surface area contributed by atoms with Gasteiger partial charge in [0.05, 0.1) is 11.4 Å². The number of hydrogen-bond acceptors (Lipinski definition) is 2. The number of nitrogens with two attached hydrogens (primary N) is 1. The van der Waals surface area contributed by atoms with Gasteiger partial charge < -0.3 is 10.6 Å². The van der Waals surface area contributed by atoms with Crippen LogP contribution in [0.3, 0.4) is 0 Å². The average Bonchev–Trinajstić information content (AvgIpc) is 2.34.